The number of aromatic amines is 1. The number of hydrogen-bond donors (Lipinski definition) is 3. The van der Waals surface area contributed by atoms with E-state index >= 15 is 0 Å². The largest absolute Gasteiger partial charge is 0.376 e. The molecule has 2 fully saturated rings. The fourth-order valence-corrected chi connectivity index (χ4v) is 4.96. The highest BCUT2D eigenvalue weighted by atomic mass is 32.2. The average Bonchev–Trinajstić information content (AvgIpc) is 3.14. The molecule has 0 spiro atoms. The van der Waals surface area contributed by atoms with Gasteiger partial charge in [0, 0.05) is 23.8 Å². The first kappa shape index (κ1) is 16.0. The van der Waals surface area contributed by atoms with Crippen molar-refractivity contribution in [2.75, 3.05) is 12.9 Å². The summed E-state index contributed by atoms with van der Waals surface area (Å²) in [7, 11) is -3.36. The molecule has 1 saturated heterocycles. The van der Waals surface area contributed by atoms with Crippen LogP contribution in [0.3, 0.4) is 0 Å². The van der Waals surface area contributed by atoms with Crippen LogP contribution in [0.25, 0.3) is 0 Å². The van der Waals surface area contributed by atoms with Gasteiger partial charge in [0.15, 0.2) is 5.69 Å². The number of carbonyl (C=O) groups is 1. The molecule has 0 bridgehead atoms. The molecule has 9 heteroatoms. The molecule has 2 heterocycles. The number of aromatic nitrogens is 2. The minimum atomic E-state index is -3.36. The number of H-pyrrole nitrogens is 1. The number of amides is 1. The van der Waals surface area contributed by atoms with Crippen molar-refractivity contribution in [2.24, 2.45) is 5.92 Å². The minimum absolute atomic E-state index is 0.155. The number of nitrogens with one attached hydrogen (secondary N) is 3. The van der Waals surface area contributed by atoms with Gasteiger partial charge in [-0.1, -0.05) is 0 Å². The Kier molecular flexibility index (Phi) is 3.89. The Morgan fingerprint density at radius 3 is 2.88 bits per heavy atom. The van der Waals surface area contributed by atoms with Crippen LogP contribution in [-0.4, -0.2) is 55.6 Å². The minimum Gasteiger partial charge on any atom is -0.376 e. The highest BCUT2D eigenvalue weighted by Crippen LogP contribution is 2.39. The van der Waals surface area contributed by atoms with Crippen LogP contribution in [-0.2, 0) is 27.6 Å². The van der Waals surface area contributed by atoms with E-state index in [0.717, 1.165) is 49.6 Å². The molecule has 4 atom stereocenters. The van der Waals surface area contributed by atoms with Crippen LogP contribution >= 0.6 is 0 Å². The van der Waals surface area contributed by atoms with Gasteiger partial charge in [0.25, 0.3) is 5.91 Å². The number of aryl methyl sites for hydroxylation is 1. The molecule has 1 aromatic rings. The van der Waals surface area contributed by atoms with Gasteiger partial charge < -0.3 is 10.1 Å². The third kappa shape index (κ3) is 2.74. The number of rotatable bonds is 4. The lowest BCUT2D eigenvalue weighted by Gasteiger charge is -2.47. The molecule has 1 saturated carbocycles. The maximum Gasteiger partial charge on any atom is 0.272 e. The predicted molar refractivity (Wildman–Crippen MR) is 86.1 cm³/mol. The maximum absolute atomic E-state index is 12.7. The zero-order valence-electron chi connectivity index (χ0n) is 13.5. The summed E-state index contributed by atoms with van der Waals surface area (Å²) in [5, 5.41) is 10.1. The van der Waals surface area contributed by atoms with E-state index in [1.807, 2.05) is 0 Å². The second kappa shape index (κ2) is 5.82. The number of hydrogen-bond acceptors (Lipinski definition) is 5. The quantitative estimate of drug-likeness (QED) is 0.688. The fraction of sp³-hybridized carbons (Fsp3) is 0.733. The summed E-state index contributed by atoms with van der Waals surface area (Å²) in [5.41, 5.74) is 2.50. The molecule has 1 amide bonds. The van der Waals surface area contributed by atoms with Crippen LogP contribution in [0, 0.1) is 5.92 Å². The second-order valence-electron chi connectivity index (χ2n) is 6.94. The smallest absolute Gasteiger partial charge is 0.272 e. The number of sulfonamides is 1. The standard InChI is InChI=1S/C15H22N4O4S/c1-24(21,22)19-13-11(9-6-7-23-14(9)13)16-15(20)12-8-4-2-3-5-10(8)17-18-12/h9,11,13-14,19H,2-7H2,1H3,(H,16,20)(H,17,18)/t9-,11+,13-,14-/m0/s1. The number of ether oxygens (including phenoxy) is 1. The summed E-state index contributed by atoms with van der Waals surface area (Å²) in [6.45, 7) is 0.599. The monoisotopic (exact) mass is 354 g/mol. The molecule has 3 N–H and O–H groups in total. The fourth-order valence-electron chi connectivity index (χ4n) is 4.18. The van der Waals surface area contributed by atoms with E-state index in [9.17, 15) is 13.2 Å². The first-order chi connectivity index (χ1) is 11.4. The van der Waals surface area contributed by atoms with Crippen LogP contribution in [0.5, 0.6) is 0 Å². The van der Waals surface area contributed by atoms with Crippen LogP contribution in [0.15, 0.2) is 0 Å². The van der Waals surface area contributed by atoms with E-state index in [0.29, 0.717) is 12.3 Å². The third-order valence-electron chi connectivity index (χ3n) is 5.30. The van der Waals surface area contributed by atoms with Crippen molar-refractivity contribution in [3.8, 4) is 0 Å². The molecule has 4 rings (SSSR count). The zero-order valence-corrected chi connectivity index (χ0v) is 14.4. The molecule has 132 valence electrons. The zero-order chi connectivity index (χ0) is 16.9. The lowest BCUT2D eigenvalue weighted by Crippen LogP contribution is -2.70. The summed E-state index contributed by atoms with van der Waals surface area (Å²) < 4.78 is 31.4. The van der Waals surface area contributed by atoms with Gasteiger partial charge >= 0.3 is 0 Å². The van der Waals surface area contributed by atoms with Crippen molar-refractivity contribution in [3.63, 3.8) is 0 Å². The molecular formula is C15H22N4O4S. The molecule has 8 nitrogen and oxygen atoms in total. The van der Waals surface area contributed by atoms with E-state index in [1.165, 1.54) is 0 Å². The van der Waals surface area contributed by atoms with Crippen molar-refractivity contribution >= 4 is 15.9 Å². The van der Waals surface area contributed by atoms with Gasteiger partial charge in [0.2, 0.25) is 10.0 Å². The van der Waals surface area contributed by atoms with E-state index in [1.54, 1.807) is 0 Å². The summed E-state index contributed by atoms with van der Waals surface area (Å²) in [6.07, 6.45) is 5.76. The van der Waals surface area contributed by atoms with Crippen LogP contribution in [0.1, 0.15) is 41.0 Å². The highest BCUT2D eigenvalue weighted by molar-refractivity contribution is 7.88. The second-order valence-corrected chi connectivity index (χ2v) is 8.72. The Morgan fingerprint density at radius 1 is 1.29 bits per heavy atom. The van der Waals surface area contributed by atoms with Crippen molar-refractivity contribution in [1.82, 2.24) is 20.2 Å². The van der Waals surface area contributed by atoms with Gasteiger partial charge in [-0.3, -0.25) is 9.89 Å². The molecule has 0 radical (unpaired) electrons. The maximum atomic E-state index is 12.7. The third-order valence-corrected chi connectivity index (χ3v) is 6.01. The first-order valence-corrected chi connectivity index (χ1v) is 10.3. The van der Waals surface area contributed by atoms with Crippen molar-refractivity contribution in [3.05, 3.63) is 17.0 Å². The van der Waals surface area contributed by atoms with Gasteiger partial charge in [-0.15, -0.1) is 0 Å². The number of nitrogens with zero attached hydrogens (tertiary/aromatic N) is 1. The van der Waals surface area contributed by atoms with E-state index in [4.69, 9.17) is 4.74 Å². The van der Waals surface area contributed by atoms with Gasteiger partial charge in [0.05, 0.1) is 24.4 Å². The molecular weight excluding hydrogens is 332 g/mol. The normalized spacial score (nSPS) is 31.9. The van der Waals surface area contributed by atoms with Gasteiger partial charge in [-0.25, -0.2) is 13.1 Å². The first-order valence-electron chi connectivity index (χ1n) is 8.40. The van der Waals surface area contributed by atoms with E-state index in [-0.39, 0.29) is 24.0 Å². The summed E-state index contributed by atoms with van der Waals surface area (Å²) >= 11 is 0. The molecule has 1 aliphatic heterocycles. The molecule has 0 unspecified atom stereocenters. The highest BCUT2D eigenvalue weighted by Gasteiger charge is 2.55. The summed E-state index contributed by atoms with van der Waals surface area (Å²) in [6, 6.07) is -0.665. The van der Waals surface area contributed by atoms with Gasteiger partial charge in [0.1, 0.15) is 0 Å². The van der Waals surface area contributed by atoms with Crippen LogP contribution in [0.2, 0.25) is 0 Å². The Balaban J connectivity index is 1.51. The molecule has 1 aromatic heterocycles. The van der Waals surface area contributed by atoms with Crippen LogP contribution in [0.4, 0.5) is 0 Å². The summed E-state index contributed by atoms with van der Waals surface area (Å²) in [5.74, 6) is -0.0759. The molecule has 24 heavy (non-hydrogen) atoms. The van der Waals surface area contributed by atoms with Crippen molar-refractivity contribution in [1.29, 1.82) is 0 Å². The van der Waals surface area contributed by atoms with E-state index < -0.39 is 16.1 Å². The Hall–Kier alpha value is -1.45. The number of fused-ring (bicyclic) bond motifs is 2. The Bertz CT molecular complexity index is 760. The van der Waals surface area contributed by atoms with Crippen molar-refractivity contribution < 1.29 is 17.9 Å². The van der Waals surface area contributed by atoms with Gasteiger partial charge in [-0.2, -0.15) is 5.10 Å². The predicted octanol–water partition coefficient (Wildman–Crippen LogP) is -0.277. The summed E-state index contributed by atoms with van der Waals surface area (Å²) in [4.78, 5) is 12.7. The lowest BCUT2D eigenvalue weighted by atomic mass is 9.72. The van der Waals surface area contributed by atoms with Crippen LogP contribution < -0.4 is 10.0 Å². The SMILES string of the molecule is CS(=O)(=O)N[C@H]1[C@H](NC(=O)c2n[nH]c3c2CCCC3)[C@@H]2CCO[C@@H]21. The van der Waals surface area contributed by atoms with Crippen molar-refractivity contribution in [2.45, 2.75) is 50.3 Å². The Morgan fingerprint density at radius 2 is 2.08 bits per heavy atom. The topological polar surface area (TPSA) is 113 Å². The molecule has 3 aliphatic rings. The molecule has 0 aromatic carbocycles. The lowest BCUT2D eigenvalue weighted by molar-refractivity contribution is -0.0194. The average molecular weight is 354 g/mol. The number of carbonyl (C=O) groups excluding carboxylic acids is 1. The van der Waals surface area contributed by atoms with E-state index in [2.05, 4.69) is 20.2 Å². The Labute approximate surface area is 140 Å². The van der Waals surface area contributed by atoms with Gasteiger partial charge in [-0.05, 0) is 32.1 Å². The molecule has 2 aliphatic carbocycles.